The molecule has 0 aliphatic carbocycles. The number of benzene rings is 2. The Bertz CT molecular complexity index is 993. The number of piperidine rings is 1. The van der Waals surface area contributed by atoms with Gasteiger partial charge in [0, 0.05) is 19.5 Å². The lowest BCUT2D eigenvalue weighted by molar-refractivity contribution is -0.129. The summed E-state index contributed by atoms with van der Waals surface area (Å²) < 4.78 is 2.11. The van der Waals surface area contributed by atoms with E-state index in [0.717, 1.165) is 48.2 Å². The number of rotatable bonds is 6. The van der Waals surface area contributed by atoms with Crippen molar-refractivity contribution in [1.29, 1.82) is 0 Å². The van der Waals surface area contributed by atoms with Gasteiger partial charge < -0.3 is 4.90 Å². The highest BCUT2D eigenvalue weighted by Crippen LogP contribution is 2.26. The number of aromatic nitrogens is 3. The van der Waals surface area contributed by atoms with Gasteiger partial charge in [-0.3, -0.25) is 9.36 Å². The molecular weight excluding hydrogens is 392 g/mol. The molecule has 5 nitrogen and oxygen atoms in total. The molecular formula is C24H28N4OS. The third-order valence-electron chi connectivity index (χ3n) is 5.72. The van der Waals surface area contributed by atoms with Crippen LogP contribution >= 0.6 is 11.8 Å². The third-order valence-corrected chi connectivity index (χ3v) is 6.64. The summed E-state index contributed by atoms with van der Waals surface area (Å²) in [6.07, 6.45) is 2.88. The molecule has 2 aromatic carbocycles. The van der Waals surface area contributed by atoms with Crippen LogP contribution in [0.5, 0.6) is 0 Å². The van der Waals surface area contributed by atoms with E-state index in [2.05, 4.69) is 52.9 Å². The van der Waals surface area contributed by atoms with Gasteiger partial charge in [-0.15, -0.1) is 10.2 Å². The largest absolute Gasteiger partial charge is 0.342 e. The fraction of sp³-hybridized carbons (Fsp3) is 0.375. The average molecular weight is 421 g/mol. The summed E-state index contributed by atoms with van der Waals surface area (Å²) in [4.78, 5) is 14.7. The molecule has 0 N–H and O–H groups in total. The van der Waals surface area contributed by atoms with Crippen LogP contribution in [0.3, 0.4) is 0 Å². The monoisotopic (exact) mass is 420 g/mol. The minimum Gasteiger partial charge on any atom is -0.342 e. The van der Waals surface area contributed by atoms with E-state index in [9.17, 15) is 4.79 Å². The number of para-hydroxylation sites is 1. The Kier molecular flexibility index (Phi) is 6.53. The lowest BCUT2D eigenvalue weighted by atomic mass is 9.99. The summed E-state index contributed by atoms with van der Waals surface area (Å²) in [6.45, 7) is 6.08. The Morgan fingerprint density at radius 2 is 1.73 bits per heavy atom. The average Bonchev–Trinajstić information content (AvgIpc) is 3.15. The summed E-state index contributed by atoms with van der Waals surface area (Å²) >= 11 is 1.48. The second kappa shape index (κ2) is 9.47. The van der Waals surface area contributed by atoms with E-state index < -0.39 is 0 Å². The van der Waals surface area contributed by atoms with Gasteiger partial charge in [0.2, 0.25) is 5.91 Å². The van der Waals surface area contributed by atoms with Gasteiger partial charge in [-0.05, 0) is 42.9 Å². The van der Waals surface area contributed by atoms with E-state index >= 15 is 0 Å². The zero-order chi connectivity index (χ0) is 20.9. The van der Waals surface area contributed by atoms with E-state index in [4.69, 9.17) is 0 Å². The number of carbonyl (C=O) groups excluding carboxylic acids is 1. The number of nitrogens with zero attached hydrogens (tertiary/aromatic N) is 4. The first-order valence-electron chi connectivity index (χ1n) is 10.6. The Labute approximate surface area is 182 Å². The highest BCUT2D eigenvalue weighted by Gasteiger charge is 2.22. The minimum absolute atomic E-state index is 0.191. The summed E-state index contributed by atoms with van der Waals surface area (Å²) in [6, 6.07) is 18.5. The summed E-state index contributed by atoms with van der Waals surface area (Å²) in [5.41, 5.74) is 3.41. The molecule has 0 spiro atoms. The molecule has 1 saturated heterocycles. The SMILES string of the molecule is Cc1ccccc1-n1c(Cc2ccccc2)nnc1SCC(=O)N1CCC(C)CC1. The quantitative estimate of drug-likeness (QED) is 0.550. The van der Waals surface area contributed by atoms with Crippen molar-refractivity contribution in [3.8, 4) is 5.69 Å². The van der Waals surface area contributed by atoms with Crippen LogP contribution in [0.15, 0.2) is 59.8 Å². The zero-order valence-electron chi connectivity index (χ0n) is 17.6. The predicted molar refractivity (Wildman–Crippen MR) is 121 cm³/mol. The van der Waals surface area contributed by atoms with Gasteiger partial charge in [0.25, 0.3) is 0 Å². The molecule has 1 aromatic heterocycles. The van der Waals surface area contributed by atoms with Crippen LogP contribution < -0.4 is 0 Å². The fourth-order valence-electron chi connectivity index (χ4n) is 3.82. The topological polar surface area (TPSA) is 51.0 Å². The molecule has 0 radical (unpaired) electrons. The maximum absolute atomic E-state index is 12.7. The Balaban J connectivity index is 1.56. The number of thioether (sulfide) groups is 1. The van der Waals surface area contributed by atoms with Crippen molar-refractivity contribution in [3.05, 3.63) is 71.5 Å². The molecule has 0 bridgehead atoms. The zero-order valence-corrected chi connectivity index (χ0v) is 18.4. The molecule has 1 aliphatic heterocycles. The molecule has 1 amide bonds. The van der Waals surface area contributed by atoms with E-state index in [-0.39, 0.29) is 5.91 Å². The normalized spacial score (nSPS) is 14.8. The molecule has 2 heterocycles. The summed E-state index contributed by atoms with van der Waals surface area (Å²) in [7, 11) is 0. The van der Waals surface area contributed by atoms with Gasteiger partial charge in [0.05, 0.1) is 11.4 Å². The summed E-state index contributed by atoms with van der Waals surface area (Å²) in [5, 5.41) is 9.73. The molecule has 4 rings (SSSR count). The van der Waals surface area contributed by atoms with E-state index in [1.54, 1.807) is 0 Å². The first kappa shape index (κ1) is 20.7. The van der Waals surface area contributed by atoms with Crippen LogP contribution in [0.4, 0.5) is 0 Å². The van der Waals surface area contributed by atoms with Crippen LogP contribution in [0.25, 0.3) is 5.69 Å². The standard InChI is InChI=1S/C24H28N4OS/c1-18-12-14-27(15-13-18)23(29)17-30-24-26-25-22(16-20-9-4-3-5-10-20)28(24)21-11-7-6-8-19(21)2/h3-11,18H,12-17H2,1-2H3. The Morgan fingerprint density at radius 3 is 2.47 bits per heavy atom. The molecule has 1 fully saturated rings. The first-order chi connectivity index (χ1) is 14.6. The van der Waals surface area contributed by atoms with E-state index in [1.165, 1.54) is 17.3 Å². The smallest absolute Gasteiger partial charge is 0.233 e. The van der Waals surface area contributed by atoms with E-state index in [0.29, 0.717) is 18.1 Å². The van der Waals surface area contributed by atoms with Crippen LogP contribution in [0.2, 0.25) is 0 Å². The van der Waals surface area contributed by atoms with Crippen LogP contribution in [0.1, 0.15) is 36.7 Å². The molecule has 3 aromatic rings. The van der Waals surface area contributed by atoms with Gasteiger partial charge in [-0.1, -0.05) is 67.2 Å². The Hall–Kier alpha value is -2.60. The van der Waals surface area contributed by atoms with Crippen LogP contribution in [0, 0.1) is 12.8 Å². The summed E-state index contributed by atoms with van der Waals surface area (Å²) in [5.74, 6) is 2.18. The van der Waals surface area contributed by atoms with Crippen molar-refractivity contribution < 1.29 is 4.79 Å². The fourth-order valence-corrected chi connectivity index (χ4v) is 4.69. The molecule has 0 unspecified atom stereocenters. The number of hydrogen-bond donors (Lipinski definition) is 0. The third kappa shape index (κ3) is 4.75. The molecule has 6 heteroatoms. The van der Waals surface area contributed by atoms with Gasteiger partial charge in [-0.2, -0.15) is 0 Å². The van der Waals surface area contributed by atoms with Crippen molar-refractivity contribution in [2.75, 3.05) is 18.8 Å². The number of carbonyl (C=O) groups is 1. The van der Waals surface area contributed by atoms with Crippen LogP contribution in [-0.4, -0.2) is 44.4 Å². The second-order valence-corrected chi connectivity index (χ2v) is 8.98. The van der Waals surface area contributed by atoms with Crippen molar-refractivity contribution in [1.82, 2.24) is 19.7 Å². The van der Waals surface area contributed by atoms with Crippen molar-refractivity contribution in [2.45, 2.75) is 38.3 Å². The second-order valence-electron chi connectivity index (χ2n) is 8.04. The number of aryl methyl sites for hydroxylation is 1. The Morgan fingerprint density at radius 1 is 1.03 bits per heavy atom. The maximum Gasteiger partial charge on any atom is 0.233 e. The van der Waals surface area contributed by atoms with Crippen molar-refractivity contribution in [3.63, 3.8) is 0 Å². The van der Waals surface area contributed by atoms with Crippen molar-refractivity contribution in [2.24, 2.45) is 5.92 Å². The molecule has 0 saturated carbocycles. The highest BCUT2D eigenvalue weighted by molar-refractivity contribution is 7.99. The number of amides is 1. The lowest BCUT2D eigenvalue weighted by Crippen LogP contribution is -2.38. The molecule has 1 aliphatic rings. The minimum atomic E-state index is 0.191. The van der Waals surface area contributed by atoms with Gasteiger partial charge >= 0.3 is 0 Å². The number of likely N-dealkylation sites (tertiary alicyclic amines) is 1. The molecule has 156 valence electrons. The van der Waals surface area contributed by atoms with E-state index in [1.807, 2.05) is 35.2 Å². The van der Waals surface area contributed by atoms with Gasteiger partial charge in [-0.25, -0.2) is 0 Å². The number of hydrogen-bond acceptors (Lipinski definition) is 4. The first-order valence-corrected chi connectivity index (χ1v) is 11.5. The van der Waals surface area contributed by atoms with Crippen molar-refractivity contribution >= 4 is 17.7 Å². The van der Waals surface area contributed by atoms with Gasteiger partial charge in [0.15, 0.2) is 5.16 Å². The molecule has 0 atom stereocenters. The van der Waals surface area contributed by atoms with Gasteiger partial charge in [0.1, 0.15) is 5.82 Å². The maximum atomic E-state index is 12.7. The van der Waals surface area contributed by atoms with Crippen LogP contribution in [-0.2, 0) is 11.2 Å². The highest BCUT2D eigenvalue weighted by atomic mass is 32.2. The predicted octanol–water partition coefficient (Wildman–Crippen LogP) is 4.52. The molecule has 30 heavy (non-hydrogen) atoms. The lowest BCUT2D eigenvalue weighted by Gasteiger charge is -2.30.